The van der Waals surface area contributed by atoms with Crippen molar-refractivity contribution < 1.29 is 0 Å². The molecule has 3 heteroatoms. The summed E-state index contributed by atoms with van der Waals surface area (Å²) in [5.41, 5.74) is 3.59. The molecule has 2 nitrogen and oxygen atoms in total. The summed E-state index contributed by atoms with van der Waals surface area (Å²) in [5.74, 6) is 1.42. The van der Waals surface area contributed by atoms with Gasteiger partial charge in [-0.15, -0.1) is 11.6 Å². The molecular weight excluding hydrogens is 220 g/mol. The fourth-order valence-corrected chi connectivity index (χ4v) is 3.26. The van der Waals surface area contributed by atoms with Crippen LogP contribution in [0.4, 0.5) is 0 Å². The Balaban J connectivity index is 2.26. The summed E-state index contributed by atoms with van der Waals surface area (Å²) in [6.45, 7) is 6.56. The molecule has 0 radical (unpaired) electrons. The Morgan fingerprint density at radius 2 is 2.12 bits per heavy atom. The van der Waals surface area contributed by atoms with Gasteiger partial charge in [0.1, 0.15) is 0 Å². The zero-order valence-electron chi connectivity index (χ0n) is 10.5. The summed E-state index contributed by atoms with van der Waals surface area (Å²) in [6, 6.07) is 0.597. The van der Waals surface area contributed by atoms with E-state index in [2.05, 4.69) is 30.6 Å². The number of alkyl halides is 1. The van der Waals surface area contributed by atoms with Crippen molar-refractivity contribution in [2.75, 3.05) is 0 Å². The van der Waals surface area contributed by atoms with Crippen molar-refractivity contribution in [3.8, 4) is 0 Å². The van der Waals surface area contributed by atoms with Crippen LogP contribution in [-0.2, 0) is 5.88 Å². The summed E-state index contributed by atoms with van der Waals surface area (Å²) in [4.78, 5) is 0. The first-order chi connectivity index (χ1) is 7.63. The highest BCUT2D eigenvalue weighted by molar-refractivity contribution is 6.17. The molecule has 1 fully saturated rings. The Bertz CT molecular complexity index is 370. The second-order valence-electron chi connectivity index (χ2n) is 5.15. The van der Waals surface area contributed by atoms with Crippen LogP contribution in [0.2, 0.25) is 0 Å². The van der Waals surface area contributed by atoms with Crippen molar-refractivity contribution in [2.45, 2.75) is 58.4 Å². The van der Waals surface area contributed by atoms with E-state index < -0.39 is 0 Å². The van der Waals surface area contributed by atoms with E-state index in [0.29, 0.717) is 11.9 Å². The van der Waals surface area contributed by atoms with Gasteiger partial charge < -0.3 is 0 Å². The molecule has 0 amide bonds. The smallest absolute Gasteiger partial charge is 0.0640 e. The van der Waals surface area contributed by atoms with E-state index in [9.17, 15) is 0 Å². The maximum Gasteiger partial charge on any atom is 0.0640 e. The topological polar surface area (TPSA) is 17.8 Å². The lowest BCUT2D eigenvalue weighted by Gasteiger charge is -2.28. The summed E-state index contributed by atoms with van der Waals surface area (Å²) in [6.07, 6.45) is 5.25. The Labute approximate surface area is 103 Å². The lowest BCUT2D eigenvalue weighted by molar-refractivity contribution is 0.263. The molecule has 0 bridgehead atoms. The molecule has 0 aromatic carbocycles. The zero-order valence-corrected chi connectivity index (χ0v) is 11.2. The maximum absolute atomic E-state index is 5.97. The van der Waals surface area contributed by atoms with Crippen molar-refractivity contribution in [2.24, 2.45) is 5.92 Å². The van der Waals surface area contributed by atoms with Crippen LogP contribution in [0.5, 0.6) is 0 Å². The zero-order chi connectivity index (χ0) is 11.7. The molecule has 0 N–H and O–H groups in total. The van der Waals surface area contributed by atoms with Crippen molar-refractivity contribution >= 4 is 11.6 Å². The summed E-state index contributed by atoms with van der Waals surface area (Å²) in [5, 5.41) is 4.67. The highest BCUT2D eigenvalue weighted by atomic mass is 35.5. The Morgan fingerprint density at radius 1 is 1.38 bits per heavy atom. The van der Waals surface area contributed by atoms with Crippen LogP contribution in [0.1, 0.15) is 55.6 Å². The summed E-state index contributed by atoms with van der Waals surface area (Å²) < 4.78 is 2.22. The first-order valence-electron chi connectivity index (χ1n) is 6.24. The predicted molar refractivity (Wildman–Crippen MR) is 67.9 cm³/mol. The molecule has 1 aromatic rings. The first-order valence-corrected chi connectivity index (χ1v) is 6.77. The first kappa shape index (κ1) is 12.0. The van der Waals surface area contributed by atoms with Crippen molar-refractivity contribution in [1.82, 2.24) is 9.78 Å². The molecule has 0 saturated heterocycles. The van der Waals surface area contributed by atoms with Gasteiger partial charge in [0.2, 0.25) is 0 Å². The molecule has 1 aromatic heterocycles. The SMILES string of the molecule is Cc1nn(C2CCCC(C)C2)c(C)c1CCl. The summed E-state index contributed by atoms with van der Waals surface area (Å²) >= 11 is 5.97. The highest BCUT2D eigenvalue weighted by Crippen LogP contribution is 2.33. The molecule has 0 spiro atoms. The summed E-state index contributed by atoms with van der Waals surface area (Å²) in [7, 11) is 0. The number of halogens is 1. The van der Waals surface area contributed by atoms with Gasteiger partial charge in [-0.05, 0) is 32.6 Å². The monoisotopic (exact) mass is 240 g/mol. The quantitative estimate of drug-likeness (QED) is 0.715. The highest BCUT2D eigenvalue weighted by Gasteiger charge is 2.23. The molecule has 90 valence electrons. The molecule has 2 unspecified atom stereocenters. The van der Waals surface area contributed by atoms with Crippen LogP contribution in [0.25, 0.3) is 0 Å². The third kappa shape index (κ3) is 2.13. The normalized spacial score (nSPS) is 26.0. The lowest BCUT2D eigenvalue weighted by Crippen LogP contribution is -2.19. The second kappa shape index (κ2) is 4.79. The van der Waals surface area contributed by atoms with Gasteiger partial charge in [0.25, 0.3) is 0 Å². The number of aromatic nitrogens is 2. The molecule has 1 aliphatic carbocycles. The molecule has 0 aliphatic heterocycles. The van der Waals surface area contributed by atoms with Crippen LogP contribution in [0.15, 0.2) is 0 Å². The van der Waals surface area contributed by atoms with E-state index in [1.807, 2.05) is 0 Å². The Kier molecular flexibility index (Phi) is 3.58. The Hall–Kier alpha value is -0.500. The van der Waals surface area contributed by atoms with Gasteiger partial charge in [-0.25, -0.2) is 0 Å². The second-order valence-corrected chi connectivity index (χ2v) is 5.42. The number of aryl methyl sites for hydroxylation is 1. The van der Waals surface area contributed by atoms with E-state index in [1.165, 1.54) is 36.9 Å². The van der Waals surface area contributed by atoms with Gasteiger partial charge in [0.05, 0.1) is 17.6 Å². The minimum Gasteiger partial charge on any atom is -0.266 e. The van der Waals surface area contributed by atoms with Gasteiger partial charge in [-0.1, -0.05) is 19.8 Å². The molecule has 1 heterocycles. The van der Waals surface area contributed by atoms with E-state index in [1.54, 1.807) is 0 Å². The van der Waals surface area contributed by atoms with E-state index in [-0.39, 0.29) is 0 Å². The van der Waals surface area contributed by atoms with Crippen LogP contribution in [0.3, 0.4) is 0 Å². The largest absolute Gasteiger partial charge is 0.266 e. The lowest BCUT2D eigenvalue weighted by atomic mass is 9.87. The molecule has 1 saturated carbocycles. The van der Waals surface area contributed by atoms with Gasteiger partial charge in [0.15, 0.2) is 0 Å². The van der Waals surface area contributed by atoms with E-state index >= 15 is 0 Å². The fourth-order valence-electron chi connectivity index (χ4n) is 2.87. The Morgan fingerprint density at radius 3 is 2.69 bits per heavy atom. The van der Waals surface area contributed by atoms with Gasteiger partial charge in [-0.3, -0.25) is 4.68 Å². The average Bonchev–Trinajstić information content (AvgIpc) is 2.54. The number of hydrogen-bond acceptors (Lipinski definition) is 1. The van der Waals surface area contributed by atoms with Gasteiger partial charge in [0, 0.05) is 11.3 Å². The van der Waals surface area contributed by atoms with Crippen LogP contribution in [-0.4, -0.2) is 9.78 Å². The minimum absolute atomic E-state index is 0.583. The average molecular weight is 241 g/mol. The molecule has 1 aliphatic rings. The number of hydrogen-bond donors (Lipinski definition) is 0. The van der Waals surface area contributed by atoms with Crippen molar-refractivity contribution in [3.63, 3.8) is 0 Å². The molecule has 2 rings (SSSR count). The fraction of sp³-hybridized carbons (Fsp3) is 0.769. The standard InChI is InChI=1S/C13H21ClN2/c1-9-5-4-6-12(7-9)16-11(3)13(8-14)10(2)15-16/h9,12H,4-8H2,1-3H3. The van der Waals surface area contributed by atoms with Crippen molar-refractivity contribution in [3.05, 3.63) is 17.0 Å². The minimum atomic E-state index is 0.583. The predicted octanol–water partition coefficient (Wildman–Crippen LogP) is 3.99. The van der Waals surface area contributed by atoms with Crippen LogP contribution in [0, 0.1) is 19.8 Å². The third-order valence-electron chi connectivity index (χ3n) is 3.86. The van der Waals surface area contributed by atoms with E-state index in [4.69, 9.17) is 11.6 Å². The maximum atomic E-state index is 5.97. The van der Waals surface area contributed by atoms with Gasteiger partial charge in [-0.2, -0.15) is 5.10 Å². The third-order valence-corrected chi connectivity index (χ3v) is 4.13. The van der Waals surface area contributed by atoms with Gasteiger partial charge >= 0.3 is 0 Å². The van der Waals surface area contributed by atoms with Crippen LogP contribution >= 0.6 is 11.6 Å². The molecule has 16 heavy (non-hydrogen) atoms. The van der Waals surface area contributed by atoms with Crippen LogP contribution < -0.4 is 0 Å². The number of rotatable bonds is 2. The van der Waals surface area contributed by atoms with Crippen molar-refractivity contribution in [1.29, 1.82) is 0 Å². The number of nitrogens with zero attached hydrogens (tertiary/aromatic N) is 2. The molecular formula is C13H21ClN2. The molecule has 2 atom stereocenters. The van der Waals surface area contributed by atoms with E-state index in [0.717, 1.165) is 11.6 Å².